The van der Waals surface area contributed by atoms with Crippen LogP contribution in [0.25, 0.3) is 20.9 Å². The maximum Gasteiger partial charge on any atom is 0.283 e. The van der Waals surface area contributed by atoms with E-state index in [9.17, 15) is 9.90 Å². The highest BCUT2D eigenvalue weighted by Gasteiger charge is 2.16. The van der Waals surface area contributed by atoms with E-state index in [-0.39, 0.29) is 11.7 Å². The molecule has 0 saturated carbocycles. The summed E-state index contributed by atoms with van der Waals surface area (Å²) < 4.78 is 0.943. The molecule has 0 atom stereocenters. The molecule has 6 heteroatoms. The van der Waals surface area contributed by atoms with Crippen LogP contribution in [0.15, 0.2) is 65.8 Å². The fourth-order valence-corrected chi connectivity index (χ4v) is 4.19. The van der Waals surface area contributed by atoms with Gasteiger partial charge in [-0.05, 0) is 22.9 Å². The van der Waals surface area contributed by atoms with Crippen LogP contribution in [0.1, 0.15) is 15.2 Å². The van der Waals surface area contributed by atoms with E-state index in [0.29, 0.717) is 15.5 Å². The van der Waals surface area contributed by atoms with Crippen molar-refractivity contribution in [1.82, 2.24) is 5.43 Å². The van der Waals surface area contributed by atoms with E-state index in [0.717, 1.165) is 20.9 Å². The third-order valence-corrected chi connectivity index (χ3v) is 5.72. The molecule has 0 aliphatic heterocycles. The summed E-state index contributed by atoms with van der Waals surface area (Å²) in [6.07, 6.45) is 1.44. The quantitative estimate of drug-likeness (QED) is 0.380. The molecule has 1 amide bonds. The number of halogens is 1. The normalized spacial score (nSPS) is 11.4. The van der Waals surface area contributed by atoms with Crippen molar-refractivity contribution >= 4 is 55.9 Å². The van der Waals surface area contributed by atoms with Crippen LogP contribution in [0.4, 0.5) is 0 Å². The summed E-state index contributed by atoms with van der Waals surface area (Å²) in [5.41, 5.74) is 3.03. The molecular weight excluding hydrogens is 368 g/mol. The lowest BCUT2D eigenvalue weighted by atomic mass is 10.0. The second kappa shape index (κ2) is 6.78. The molecule has 4 rings (SSSR count). The van der Waals surface area contributed by atoms with E-state index in [1.165, 1.54) is 17.6 Å². The van der Waals surface area contributed by atoms with E-state index in [1.54, 1.807) is 6.07 Å². The molecule has 0 saturated heterocycles. The SMILES string of the molecule is O=C(NN=Cc1c(O)ccc2ccccc12)c1sc2ccccc2c1Cl. The summed E-state index contributed by atoms with van der Waals surface area (Å²) in [4.78, 5) is 12.8. The van der Waals surface area contributed by atoms with Crippen LogP contribution in [0.3, 0.4) is 0 Å². The molecule has 1 heterocycles. The summed E-state index contributed by atoms with van der Waals surface area (Å²) in [7, 11) is 0. The number of hydrogen-bond acceptors (Lipinski definition) is 4. The second-order valence-corrected chi connectivity index (χ2v) is 7.09. The van der Waals surface area contributed by atoms with Crippen LogP contribution < -0.4 is 5.43 Å². The third-order valence-electron chi connectivity index (χ3n) is 4.05. The molecule has 4 nitrogen and oxygen atoms in total. The topological polar surface area (TPSA) is 61.7 Å². The van der Waals surface area contributed by atoms with E-state index in [2.05, 4.69) is 10.5 Å². The van der Waals surface area contributed by atoms with Gasteiger partial charge < -0.3 is 5.11 Å². The number of thiophene rings is 1. The van der Waals surface area contributed by atoms with Crippen LogP contribution in [0, 0.1) is 0 Å². The highest BCUT2D eigenvalue weighted by atomic mass is 35.5. The first-order chi connectivity index (χ1) is 12.6. The minimum absolute atomic E-state index is 0.0987. The molecular formula is C20H13ClN2O2S. The molecule has 128 valence electrons. The van der Waals surface area contributed by atoms with Crippen molar-refractivity contribution in [2.75, 3.05) is 0 Å². The molecule has 0 bridgehead atoms. The average Bonchev–Trinajstić information content (AvgIpc) is 3.00. The summed E-state index contributed by atoms with van der Waals surface area (Å²) in [6, 6.07) is 18.7. The highest BCUT2D eigenvalue weighted by Crippen LogP contribution is 2.35. The molecule has 0 unspecified atom stereocenters. The first-order valence-corrected chi connectivity index (χ1v) is 9.06. The van der Waals surface area contributed by atoms with Crippen molar-refractivity contribution in [1.29, 1.82) is 0 Å². The lowest BCUT2D eigenvalue weighted by molar-refractivity contribution is 0.0959. The first-order valence-electron chi connectivity index (χ1n) is 7.86. The molecule has 0 spiro atoms. The van der Waals surface area contributed by atoms with Crippen LogP contribution >= 0.6 is 22.9 Å². The molecule has 0 radical (unpaired) electrons. The number of nitrogens with one attached hydrogen (secondary N) is 1. The number of aromatic hydroxyl groups is 1. The molecule has 26 heavy (non-hydrogen) atoms. The van der Waals surface area contributed by atoms with Crippen molar-refractivity contribution < 1.29 is 9.90 Å². The minimum Gasteiger partial charge on any atom is -0.507 e. The van der Waals surface area contributed by atoms with Gasteiger partial charge in [-0.15, -0.1) is 11.3 Å². The molecule has 0 aliphatic rings. The van der Waals surface area contributed by atoms with E-state index >= 15 is 0 Å². The first kappa shape index (κ1) is 16.6. The summed E-state index contributed by atoms with van der Waals surface area (Å²) in [6.45, 7) is 0. The Morgan fingerprint density at radius 3 is 2.58 bits per heavy atom. The monoisotopic (exact) mass is 380 g/mol. The second-order valence-electron chi connectivity index (χ2n) is 5.66. The average molecular weight is 381 g/mol. The summed E-state index contributed by atoms with van der Waals surface area (Å²) in [5.74, 6) is -0.284. The summed E-state index contributed by atoms with van der Waals surface area (Å²) >= 11 is 7.63. The molecule has 0 aliphatic carbocycles. The number of carbonyl (C=O) groups excluding carboxylic acids is 1. The zero-order valence-corrected chi connectivity index (χ0v) is 15.0. The van der Waals surface area contributed by atoms with Gasteiger partial charge >= 0.3 is 0 Å². The number of hydrogen-bond donors (Lipinski definition) is 2. The number of nitrogens with zero attached hydrogens (tertiary/aromatic N) is 1. The van der Waals surface area contributed by atoms with Crippen molar-refractivity contribution in [2.45, 2.75) is 0 Å². The largest absolute Gasteiger partial charge is 0.507 e. The summed E-state index contributed by atoms with van der Waals surface area (Å²) in [5, 5.41) is 17.2. The Morgan fingerprint density at radius 1 is 1.04 bits per heavy atom. The maximum atomic E-state index is 12.4. The number of hydrazone groups is 1. The van der Waals surface area contributed by atoms with Crippen molar-refractivity contribution in [2.24, 2.45) is 5.10 Å². The smallest absolute Gasteiger partial charge is 0.283 e. The molecule has 1 aromatic heterocycles. The van der Waals surface area contributed by atoms with Gasteiger partial charge in [0.2, 0.25) is 0 Å². The number of amides is 1. The molecule has 3 aromatic carbocycles. The Bertz CT molecular complexity index is 1170. The minimum atomic E-state index is -0.382. The number of phenols is 1. The molecule has 4 aromatic rings. The lowest BCUT2D eigenvalue weighted by Crippen LogP contribution is -2.16. The Hall–Kier alpha value is -2.89. The van der Waals surface area contributed by atoms with Crippen molar-refractivity contribution in [3.05, 3.63) is 76.1 Å². The van der Waals surface area contributed by atoms with Crippen molar-refractivity contribution in [3.63, 3.8) is 0 Å². The van der Waals surface area contributed by atoms with E-state index < -0.39 is 0 Å². The number of benzene rings is 3. The number of fused-ring (bicyclic) bond motifs is 2. The van der Waals surface area contributed by atoms with Crippen LogP contribution in [0.5, 0.6) is 5.75 Å². The third kappa shape index (κ3) is 2.92. The Balaban J connectivity index is 1.62. The molecule has 0 fully saturated rings. The van der Waals surface area contributed by atoms with E-state index in [4.69, 9.17) is 11.6 Å². The Morgan fingerprint density at radius 2 is 1.77 bits per heavy atom. The highest BCUT2D eigenvalue weighted by molar-refractivity contribution is 7.21. The van der Waals surface area contributed by atoms with Gasteiger partial charge in [0.25, 0.3) is 5.91 Å². The fraction of sp³-hybridized carbons (Fsp3) is 0. The predicted molar refractivity (Wildman–Crippen MR) is 108 cm³/mol. The van der Waals surface area contributed by atoms with E-state index in [1.807, 2.05) is 54.6 Å². The zero-order valence-electron chi connectivity index (χ0n) is 13.4. The van der Waals surface area contributed by atoms with Gasteiger partial charge in [-0.1, -0.05) is 60.1 Å². The zero-order chi connectivity index (χ0) is 18.1. The Labute approximate surface area is 158 Å². The van der Waals surface area contributed by atoms with Crippen molar-refractivity contribution in [3.8, 4) is 5.75 Å². The van der Waals surface area contributed by atoms with Gasteiger partial charge in [-0.3, -0.25) is 4.79 Å². The van der Waals surface area contributed by atoms with Gasteiger partial charge in [0.1, 0.15) is 10.6 Å². The standard InChI is InChI=1S/C20H13ClN2O2S/c21-18-14-7-3-4-8-17(14)26-19(18)20(25)23-22-11-15-13-6-2-1-5-12(13)9-10-16(15)24/h1-11,24H,(H,23,25). The predicted octanol–water partition coefficient (Wildman–Crippen LogP) is 5.18. The van der Waals surface area contributed by atoms with Gasteiger partial charge in [0.05, 0.1) is 11.2 Å². The number of phenolic OH excluding ortho intramolecular Hbond substituents is 1. The van der Waals surface area contributed by atoms with Crippen LogP contribution in [-0.4, -0.2) is 17.2 Å². The Kier molecular flexibility index (Phi) is 4.32. The number of rotatable bonds is 3. The van der Waals surface area contributed by atoms with Gasteiger partial charge in [0.15, 0.2) is 0 Å². The maximum absolute atomic E-state index is 12.4. The fourth-order valence-electron chi connectivity index (χ4n) is 2.79. The van der Waals surface area contributed by atoms with Crippen LogP contribution in [-0.2, 0) is 0 Å². The molecule has 2 N–H and O–H groups in total. The van der Waals surface area contributed by atoms with Gasteiger partial charge in [0, 0.05) is 15.6 Å². The number of carbonyl (C=O) groups is 1. The van der Waals surface area contributed by atoms with Gasteiger partial charge in [-0.2, -0.15) is 5.10 Å². The lowest BCUT2D eigenvalue weighted by Gasteiger charge is -2.04. The van der Waals surface area contributed by atoms with Gasteiger partial charge in [-0.25, -0.2) is 5.43 Å². The van der Waals surface area contributed by atoms with Crippen LogP contribution in [0.2, 0.25) is 5.02 Å².